The molecule has 0 saturated carbocycles. The maximum Gasteiger partial charge on any atom is 0.262 e. The van der Waals surface area contributed by atoms with E-state index in [4.69, 9.17) is 4.74 Å². The normalized spacial score (nSPS) is 14.4. The summed E-state index contributed by atoms with van der Waals surface area (Å²) in [6.45, 7) is 0.197. The van der Waals surface area contributed by atoms with Gasteiger partial charge in [0.25, 0.3) is 15.9 Å². The van der Waals surface area contributed by atoms with Gasteiger partial charge >= 0.3 is 0 Å². The number of carbonyl (C=O) groups excluding carboxylic acids is 1. The van der Waals surface area contributed by atoms with E-state index in [0.717, 1.165) is 19.3 Å². The number of nitrogens with zero attached hydrogens (tertiary/aromatic N) is 1. The number of para-hydroxylation sites is 1. The van der Waals surface area contributed by atoms with Gasteiger partial charge in [-0.3, -0.25) is 14.5 Å². The highest BCUT2D eigenvalue weighted by Gasteiger charge is 2.18. The summed E-state index contributed by atoms with van der Waals surface area (Å²) in [7, 11) is -3.81. The van der Waals surface area contributed by atoms with Crippen LogP contribution in [-0.4, -0.2) is 33.3 Å². The van der Waals surface area contributed by atoms with Crippen LogP contribution in [0, 0.1) is 5.82 Å². The first-order valence-corrected chi connectivity index (χ1v) is 10.8. The zero-order valence-electron chi connectivity index (χ0n) is 15.7. The van der Waals surface area contributed by atoms with E-state index in [1.54, 1.807) is 12.1 Å². The molecule has 1 amide bonds. The Bertz CT molecular complexity index is 1010. The van der Waals surface area contributed by atoms with Crippen molar-refractivity contribution >= 4 is 27.5 Å². The summed E-state index contributed by atoms with van der Waals surface area (Å²) in [5.41, 5.74) is 0.290. The molecule has 29 heavy (non-hydrogen) atoms. The van der Waals surface area contributed by atoms with Crippen molar-refractivity contribution in [2.24, 2.45) is 4.99 Å². The fourth-order valence-electron chi connectivity index (χ4n) is 2.81. The lowest BCUT2D eigenvalue weighted by molar-refractivity contribution is -0.118. The molecule has 0 saturated heterocycles. The Hall–Kier alpha value is -2.94. The number of aliphatic imine (C=N–C) groups is 1. The van der Waals surface area contributed by atoms with Crippen molar-refractivity contribution < 1.29 is 22.3 Å². The molecule has 3 rings (SSSR count). The number of rotatable bonds is 6. The smallest absolute Gasteiger partial charge is 0.262 e. The monoisotopic (exact) mass is 419 g/mol. The molecule has 9 heteroatoms. The number of nitrogens with one attached hydrogen (secondary N) is 2. The predicted molar refractivity (Wildman–Crippen MR) is 108 cm³/mol. The summed E-state index contributed by atoms with van der Waals surface area (Å²) in [6, 6.07) is 11.6. The minimum atomic E-state index is -3.81. The highest BCUT2D eigenvalue weighted by Crippen LogP contribution is 2.18. The SMILES string of the molecule is O=C(COc1ccccc1F)Nc1cccc(S(=O)(=O)NC2=NCCCCC2)c1. The molecule has 0 spiro atoms. The molecular weight excluding hydrogens is 397 g/mol. The Kier molecular flexibility index (Phi) is 6.82. The summed E-state index contributed by atoms with van der Waals surface area (Å²) in [4.78, 5) is 16.4. The van der Waals surface area contributed by atoms with Crippen LogP contribution in [0.2, 0.25) is 0 Å². The van der Waals surface area contributed by atoms with Crippen LogP contribution in [0.15, 0.2) is 58.4 Å². The lowest BCUT2D eigenvalue weighted by atomic mass is 10.2. The molecule has 154 valence electrons. The van der Waals surface area contributed by atoms with Crippen LogP contribution in [0.5, 0.6) is 5.75 Å². The van der Waals surface area contributed by atoms with Crippen molar-refractivity contribution in [1.29, 1.82) is 0 Å². The van der Waals surface area contributed by atoms with Crippen molar-refractivity contribution in [3.63, 3.8) is 0 Å². The molecule has 0 atom stereocenters. The first kappa shape index (κ1) is 20.8. The molecule has 1 heterocycles. The van der Waals surface area contributed by atoms with Crippen molar-refractivity contribution in [2.75, 3.05) is 18.5 Å². The number of sulfonamides is 1. The van der Waals surface area contributed by atoms with Crippen molar-refractivity contribution in [3.8, 4) is 5.75 Å². The zero-order chi connectivity index (χ0) is 20.7. The topological polar surface area (TPSA) is 96.9 Å². The Morgan fingerprint density at radius 1 is 1.10 bits per heavy atom. The Morgan fingerprint density at radius 2 is 1.93 bits per heavy atom. The minimum absolute atomic E-state index is 0.0114. The van der Waals surface area contributed by atoms with E-state index in [2.05, 4.69) is 15.0 Å². The number of ether oxygens (including phenoxy) is 1. The molecule has 1 aliphatic heterocycles. The molecule has 0 bridgehead atoms. The minimum Gasteiger partial charge on any atom is -0.481 e. The van der Waals surface area contributed by atoms with Crippen LogP contribution >= 0.6 is 0 Å². The summed E-state index contributed by atoms with van der Waals surface area (Å²) >= 11 is 0. The zero-order valence-corrected chi connectivity index (χ0v) is 16.5. The first-order valence-electron chi connectivity index (χ1n) is 9.27. The largest absolute Gasteiger partial charge is 0.481 e. The van der Waals surface area contributed by atoms with Gasteiger partial charge in [-0.15, -0.1) is 0 Å². The molecule has 2 N–H and O–H groups in total. The molecule has 0 aliphatic carbocycles. The molecule has 2 aromatic carbocycles. The molecule has 1 aliphatic rings. The van der Waals surface area contributed by atoms with Gasteiger partial charge in [-0.25, -0.2) is 12.8 Å². The molecule has 0 unspecified atom stereocenters. The van der Waals surface area contributed by atoms with E-state index in [-0.39, 0.29) is 16.3 Å². The molecule has 7 nitrogen and oxygen atoms in total. The number of hydrogen-bond donors (Lipinski definition) is 2. The number of hydrogen-bond acceptors (Lipinski definition) is 5. The van der Waals surface area contributed by atoms with Crippen LogP contribution in [-0.2, 0) is 14.8 Å². The van der Waals surface area contributed by atoms with E-state index in [1.807, 2.05) is 0 Å². The van der Waals surface area contributed by atoms with Crippen molar-refractivity contribution in [1.82, 2.24) is 4.72 Å². The summed E-state index contributed by atoms with van der Waals surface area (Å²) in [6.07, 6.45) is 3.44. The van der Waals surface area contributed by atoms with Gasteiger partial charge in [0.15, 0.2) is 18.2 Å². The fraction of sp³-hybridized carbons (Fsp3) is 0.300. The third-order valence-corrected chi connectivity index (χ3v) is 5.63. The summed E-state index contributed by atoms with van der Waals surface area (Å²) < 4.78 is 46.5. The lowest BCUT2D eigenvalue weighted by Gasteiger charge is -2.12. The van der Waals surface area contributed by atoms with Gasteiger partial charge in [-0.1, -0.05) is 24.6 Å². The quantitative estimate of drug-likeness (QED) is 0.752. The predicted octanol–water partition coefficient (Wildman–Crippen LogP) is 3.09. The second-order valence-electron chi connectivity index (χ2n) is 6.54. The fourth-order valence-corrected chi connectivity index (χ4v) is 3.95. The van der Waals surface area contributed by atoms with E-state index in [0.29, 0.717) is 18.8 Å². The van der Waals surface area contributed by atoms with Gasteiger partial charge in [0.2, 0.25) is 0 Å². The second kappa shape index (κ2) is 9.51. The number of carbonyl (C=O) groups is 1. The van der Waals surface area contributed by atoms with Crippen molar-refractivity contribution in [2.45, 2.75) is 30.6 Å². The van der Waals surface area contributed by atoms with Gasteiger partial charge in [0.1, 0.15) is 5.84 Å². The Labute approximate surface area is 169 Å². The summed E-state index contributed by atoms with van der Waals surface area (Å²) in [5, 5.41) is 2.55. The molecular formula is C20H22FN3O4S. The maximum atomic E-state index is 13.5. The summed E-state index contributed by atoms with van der Waals surface area (Å²) in [5.74, 6) is -0.688. The second-order valence-corrected chi connectivity index (χ2v) is 8.22. The van der Waals surface area contributed by atoms with Crippen molar-refractivity contribution in [3.05, 3.63) is 54.3 Å². The molecule has 0 aromatic heterocycles. The number of anilines is 1. The highest BCUT2D eigenvalue weighted by atomic mass is 32.2. The van der Waals surface area contributed by atoms with Crippen LogP contribution in [0.25, 0.3) is 0 Å². The number of amidine groups is 1. The van der Waals surface area contributed by atoms with Crippen LogP contribution in [0.3, 0.4) is 0 Å². The molecule has 0 radical (unpaired) electrons. The van der Waals surface area contributed by atoms with Crippen LogP contribution in [0.1, 0.15) is 25.7 Å². The van der Waals surface area contributed by atoms with E-state index >= 15 is 0 Å². The van der Waals surface area contributed by atoms with Gasteiger partial charge in [-0.2, -0.15) is 0 Å². The third kappa shape index (κ3) is 6.02. The van der Waals surface area contributed by atoms with Gasteiger partial charge in [0, 0.05) is 18.7 Å². The van der Waals surface area contributed by atoms with E-state index in [1.165, 1.54) is 36.4 Å². The van der Waals surface area contributed by atoms with Gasteiger partial charge in [-0.05, 0) is 43.2 Å². The Morgan fingerprint density at radius 3 is 2.76 bits per heavy atom. The number of halogens is 1. The molecule has 0 fully saturated rings. The standard InChI is InChI=1S/C20H22FN3O4S/c21-17-9-3-4-10-18(17)28-14-20(25)23-15-7-6-8-16(13-15)29(26,27)24-19-11-2-1-5-12-22-19/h3-4,6-10,13H,1-2,5,11-12,14H2,(H,22,24)(H,23,25). The van der Waals surface area contributed by atoms with Crippen LogP contribution < -0.4 is 14.8 Å². The lowest BCUT2D eigenvalue weighted by Crippen LogP contribution is -2.30. The third-order valence-electron chi connectivity index (χ3n) is 4.25. The number of benzene rings is 2. The highest BCUT2D eigenvalue weighted by molar-refractivity contribution is 7.90. The van der Waals surface area contributed by atoms with E-state index in [9.17, 15) is 17.6 Å². The number of amides is 1. The Balaban J connectivity index is 1.63. The van der Waals surface area contributed by atoms with E-state index < -0.39 is 28.4 Å². The van der Waals surface area contributed by atoms with Crippen LogP contribution in [0.4, 0.5) is 10.1 Å². The molecule has 2 aromatic rings. The first-order chi connectivity index (χ1) is 13.9. The maximum absolute atomic E-state index is 13.5. The van der Waals surface area contributed by atoms with Gasteiger partial charge < -0.3 is 10.1 Å². The average molecular weight is 419 g/mol. The van der Waals surface area contributed by atoms with Gasteiger partial charge in [0.05, 0.1) is 4.90 Å². The average Bonchev–Trinajstić information content (AvgIpc) is 2.96.